The van der Waals surface area contributed by atoms with Gasteiger partial charge in [0.25, 0.3) is 5.91 Å². The van der Waals surface area contributed by atoms with Crippen LogP contribution in [0, 0.1) is 0 Å². The topological polar surface area (TPSA) is 86.6 Å². The van der Waals surface area contributed by atoms with Crippen molar-refractivity contribution in [1.29, 1.82) is 0 Å². The van der Waals surface area contributed by atoms with Gasteiger partial charge in [0, 0.05) is 0 Å². The van der Waals surface area contributed by atoms with Crippen LogP contribution in [0.2, 0.25) is 0 Å². The number of aromatic nitrogens is 1. The molecule has 1 saturated carbocycles. The molecule has 2 aromatic rings. The van der Waals surface area contributed by atoms with Gasteiger partial charge in [-0.05, 0) is 55.9 Å². The van der Waals surface area contributed by atoms with E-state index in [1.54, 1.807) is 11.3 Å². The fraction of sp³-hybridized carbons (Fsp3) is 0.389. The largest absolute Gasteiger partial charge is 0.393 e. The minimum Gasteiger partial charge on any atom is -0.393 e. The number of fused-ring (bicyclic) bond motifs is 1. The van der Waals surface area contributed by atoms with Crippen molar-refractivity contribution in [1.82, 2.24) is 15.6 Å². The first kappa shape index (κ1) is 16.2. The number of aliphatic imine (C=N–C) groups is 1. The van der Waals surface area contributed by atoms with Crippen LogP contribution >= 0.6 is 11.3 Å². The molecule has 25 heavy (non-hydrogen) atoms. The van der Waals surface area contributed by atoms with E-state index in [1.165, 1.54) is 0 Å². The van der Waals surface area contributed by atoms with Crippen LogP contribution < -0.4 is 10.6 Å². The van der Waals surface area contributed by atoms with Gasteiger partial charge in [-0.3, -0.25) is 10.1 Å². The van der Waals surface area contributed by atoms with Crippen molar-refractivity contribution in [3.8, 4) is 0 Å². The van der Waals surface area contributed by atoms with Crippen molar-refractivity contribution in [3.63, 3.8) is 0 Å². The lowest BCUT2D eigenvalue weighted by atomic mass is 10.1. The molecule has 0 unspecified atom stereocenters. The van der Waals surface area contributed by atoms with E-state index in [0.717, 1.165) is 47.9 Å². The standard InChI is InChI=1S/C18H20N4O2S/c23-13-3-1-2-12(5-6-13)20-18-21-15(17(24)22-18)8-11-4-7-14-16(9-11)25-10-19-14/h4,7-10,12-13,23H,1-3,5-6H2,(H2,20,21,22,24)/b15-8-/t12-,13+/m1/s1. The summed E-state index contributed by atoms with van der Waals surface area (Å²) in [6.07, 6.45) is 5.98. The Hall–Kier alpha value is -2.25. The van der Waals surface area contributed by atoms with Crippen molar-refractivity contribution in [2.45, 2.75) is 44.2 Å². The number of hydrogen-bond acceptors (Lipinski definition) is 5. The van der Waals surface area contributed by atoms with Crippen LogP contribution in [0.1, 0.15) is 37.7 Å². The average Bonchev–Trinajstić information content (AvgIpc) is 3.12. The lowest BCUT2D eigenvalue weighted by Crippen LogP contribution is -2.27. The smallest absolute Gasteiger partial charge is 0.274 e. The van der Waals surface area contributed by atoms with Crippen LogP contribution in [0.25, 0.3) is 16.3 Å². The Bertz CT molecular complexity index is 858. The van der Waals surface area contributed by atoms with E-state index < -0.39 is 0 Å². The highest BCUT2D eigenvalue weighted by molar-refractivity contribution is 7.16. The number of aliphatic hydroxyl groups excluding tert-OH is 1. The molecule has 2 fully saturated rings. The van der Waals surface area contributed by atoms with Crippen LogP contribution in [0.15, 0.2) is 34.4 Å². The molecule has 0 spiro atoms. The zero-order valence-electron chi connectivity index (χ0n) is 13.7. The molecule has 130 valence electrons. The third-order valence-electron chi connectivity index (χ3n) is 4.62. The second-order valence-electron chi connectivity index (χ2n) is 6.51. The van der Waals surface area contributed by atoms with Gasteiger partial charge in [0.1, 0.15) is 5.70 Å². The molecule has 2 aliphatic rings. The van der Waals surface area contributed by atoms with Gasteiger partial charge >= 0.3 is 0 Å². The molecule has 6 nitrogen and oxygen atoms in total. The number of nitrogens with zero attached hydrogens (tertiary/aromatic N) is 2. The number of rotatable bonds is 2. The van der Waals surface area contributed by atoms with Crippen LogP contribution in [-0.2, 0) is 4.79 Å². The normalized spacial score (nSPS) is 27.5. The Morgan fingerprint density at radius 2 is 2.16 bits per heavy atom. The first-order valence-corrected chi connectivity index (χ1v) is 9.44. The highest BCUT2D eigenvalue weighted by atomic mass is 32.1. The first-order valence-electron chi connectivity index (χ1n) is 8.56. The maximum Gasteiger partial charge on any atom is 0.274 e. The number of aliphatic hydroxyl groups is 1. The molecule has 0 bridgehead atoms. The highest BCUT2D eigenvalue weighted by Gasteiger charge is 2.24. The van der Waals surface area contributed by atoms with Crippen molar-refractivity contribution in [3.05, 3.63) is 35.0 Å². The molecule has 2 heterocycles. The molecular weight excluding hydrogens is 336 g/mol. The molecule has 2 atom stereocenters. The van der Waals surface area contributed by atoms with Gasteiger partial charge in [-0.2, -0.15) is 0 Å². The summed E-state index contributed by atoms with van der Waals surface area (Å²) in [6, 6.07) is 6.08. The fourth-order valence-electron chi connectivity index (χ4n) is 3.26. The van der Waals surface area contributed by atoms with Crippen molar-refractivity contribution in [2.24, 2.45) is 4.99 Å². The van der Waals surface area contributed by atoms with Gasteiger partial charge in [-0.15, -0.1) is 11.3 Å². The summed E-state index contributed by atoms with van der Waals surface area (Å²) in [5.41, 5.74) is 4.23. The minimum absolute atomic E-state index is 0.146. The molecule has 1 saturated heterocycles. The highest BCUT2D eigenvalue weighted by Crippen LogP contribution is 2.22. The SMILES string of the molecule is O=C1NC(=N[C@@H]2CCC[C@H](O)CC2)N/C1=C\c1ccc2ncsc2c1. The third kappa shape index (κ3) is 3.72. The number of guanidine groups is 1. The average molecular weight is 356 g/mol. The second-order valence-corrected chi connectivity index (χ2v) is 7.40. The number of hydrogen-bond donors (Lipinski definition) is 3. The van der Waals surface area contributed by atoms with Crippen molar-refractivity contribution >= 4 is 39.5 Å². The summed E-state index contributed by atoms with van der Waals surface area (Å²) in [5.74, 6) is 0.341. The monoisotopic (exact) mass is 356 g/mol. The van der Waals surface area contributed by atoms with Gasteiger partial charge in [0.15, 0.2) is 0 Å². The van der Waals surface area contributed by atoms with Crippen LogP contribution in [-0.4, -0.2) is 34.1 Å². The molecule has 1 aromatic heterocycles. The molecule has 4 rings (SSSR count). The maximum atomic E-state index is 12.2. The molecule has 1 amide bonds. The molecule has 0 radical (unpaired) electrons. The Balaban J connectivity index is 1.50. The number of carbonyl (C=O) groups is 1. The predicted octanol–water partition coefficient (Wildman–Crippen LogP) is 2.41. The van der Waals surface area contributed by atoms with E-state index in [1.807, 2.05) is 29.8 Å². The summed E-state index contributed by atoms with van der Waals surface area (Å²) in [5, 5.41) is 15.6. The van der Waals surface area contributed by atoms with E-state index in [9.17, 15) is 9.90 Å². The summed E-state index contributed by atoms with van der Waals surface area (Å²) < 4.78 is 1.10. The maximum absolute atomic E-state index is 12.2. The van der Waals surface area contributed by atoms with Crippen LogP contribution in [0.3, 0.4) is 0 Å². The second kappa shape index (κ2) is 6.93. The molecule has 7 heteroatoms. The lowest BCUT2D eigenvalue weighted by molar-refractivity contribution is -0.115. The van der Waals surface area contributed by atoms with E-state index in [0.29, 0.717) is 11.7 Å². The van der Waals surface area contributed by atoms with Crippen LogP contribution in [0.5, 0.6) is 0 Å². The molecule has 1 aromatic carbocycles. The number of nitrogens with one attached hydrogen (secondary N) is 2. The van der Waals surface area contributed by atoms with Crippen molar-refractivity contribution in [2.75, 3.05) is 0 Å². The zero-order valence-corrected chi connectivity index (χ0v) is 14.6. The molecule has 1 aliphatic heterocycles. The van der Waals surface area contributed by atoms with Gasteiger partial charge in [-0.1, -0.05) is 6.07 Å². The van der Waals surface area contributed by atoms with Gasteiger partial charge in [0.05, 0.1) is 27.9 Å². The van der Waals surface area contributed by atoms with E-state index in [2.05, 4.69) is 20.6 Å². The van der Waals surface area contributed by atoms with Crippen molar-refractivity contribution < 1.29 is 9.90 Å². The number of benzene rings is 1. The van der Waals surface area contributed by atoms with E-state index in [-0.39, 0.29) is 18.1 Å². The summed E-state index contributed by atoms with van der Waals surface area (Å²) in [6.45, 7) is 0. The minimum atomic E-state index is -0.214. The zero-order chi connectivity index (χ0) is 17.2. The fourth-order valence-corrected chi connectivity index (χ4v) is 3.98. The third-order valence-corrected chi connectivity index (χ3v) is 5.41. The van der Waals surface area contributed by atoms with Crippen LogP contribution in [0.4, 0.5) is 0 Å². The van der Waals surface area contributed by atoms with E-state index >= 15 is 0 Å². The van der Waals surface area contributed by atoms with Gasteiger partial charge in [0.2, 0.25) is 5.96 Å². The molecular formula is C18H20N4O2S. The lowest BCUT2D eigenvalue weighted by Gasteiger charge is -2.09. The Labute approximate surface area is 149 Å². The number of amides is 1. The Morgan fingerprint density at radius 1 is 1.24 bits per heavy atom. The predicted molar refractivity (Wildman–Crippen MR) is 99.2 cm³/mol. The quantitative estimate of drug-likeness (QED) is 0.570. The molecule has 3 N–H and O–H groups in total. The number of thiazole rings is 1. The number of carbonyl (C=O) groups excluding carboxylic acids is 1. The Morgan fingerprint density at radius 3 is 3.08 bits per heavy atom. The summed E-state index contributed by atoms with van der Waals surface area (Å²) >= 11 is 1.58. The molecule has 1 aliphatic carbocycles. The summed E-state index contributed by atoms with van der Waals surface area (Å²) in [4.78, 5) is 21.1. The van der Waals surface area contributed by atoms with Gasteiger partial charge < -0.3 is 10.4 Å². The first-order chi connectivity index (χ1) is 12.2. The van der Waals surface area contributed by atoms with Gasteiger partial charge in [-0.25, -0.2) is 9.98 Å². The Kier molecular flexibility index (Phi) is 4.50. The summed E-state index contributed by atoms with van der Waals surface area (Å²) in [7, 11) is 0. The van der Waals surface area contributed by atoms with E-state index in [4.69, 9.17) is 0 Å².